The van der Waals surface area contributed by atoms with Crippen LogP contribution in [0.25, 0.3) is 10.9 Å². The third-order valence-corrected chi connectivity index (χ3v) is 6.35. The van der Waals surface area contributed by atoms with Crippen molar-refractivity contribution in [2.75, 3.05) is 0 Å². The molecule has 6 heteroatoms. The van der Waals surface area contributed by atoms with Gasteiger partial charge < -0.3 is 15.2 Å². The summed E-state index contributed by atoms with van der Waals surface area (Å²) in [4.78, 5) is 30.6. The average Bonchev–Trinajstić information content (AvgIpc) is 2.76. The Labute approximate surface area is 187 Å². The summed E-state index contributed by atoms with van der Waals surface area (Å²) in [5.41, 5.74) is 3.13. The van der Waals surface area contributed by atoms with E-state index in [1.807, 2.05) is 55.5 Å². The molecule has 0 spiro atoms. The van der Waals surface area contributed by atoms with Crippen molar-refractivity contribution in [1.82, 2.24) is 15.2 Å². The van der Waals surface area contributed by atoms with Gasteiger partial charge in [-0.1, -0.05) is 61.2 Å². The van der Waals surface area contributed by atoms with Crippen LogP contribution in [-0.4, -0.2) is 22.0 Å². The number of aromatic amines is 1. The zero-order chi connectivity index (χ0) is 21.8. The van der Waals surface area contributed by atoms with E-state index in [1.165, 1.54) is 6.42 Å². The quantitative estimate of drug-likeness (QED) is 0.550. The number of aromatic nitrogens is 1. The Kier molecular flexibility index (Phi) is 6.62. The normalized spacial score (nSPS) is 14.5. The van der Waals surface area contributed by atoms with E-state index < -0.39 is 0 Å². The largest absolute Gasteiger partial charge is 0.335 e. The molecule has 0 saturated heterocycles. The Balaban J connectivity index is 1.61. The lowest BCUT2D eigenvalue weighted by atomic mass is 9.96. The first kappa shape index (κ1) is 21.4. The van der Waals surface area contributed by atoms with Crippen molar-refractivity contribution >= 4 is 28.5 Å². The summed E-state index contributed by atoms with van der Waals surface area (Å²) in [6.07, 6.45) is 5.50. The molecule has 2 aromatic carbocycles. The van der Waals surface area contributed by atoms with Gasteiger partial charge in [-0.2, -0.15) is 0 Å². The lowest BCUT2D eigenvalue weighted by Gasteiger charge is -2.28. The number of benzene rings is 2. The zero-order valence-corrected chi connectivity index (χ0v) is 18.5. The molecule has 31 heavy (non-hydrogen) atoms. The minimum absolute atomic E-state index is 0.157. The SMILES string of the molecule is Cc1ccc2cc(CN(Cc3ccccc3Cl)C(=O)NC3CCCCC3)c(=O)[nH]c2c1. The maximum absolute atomic E-state index is 13.2. The fourth-order valence-corrected chi connectivity index (χ4v) is 4.42. The minimum atomic E-state index is -0.173. The van der Waals surface area contributed by atoms with Gasteiger partial charge in [-0.15, -0.1) is 0 Å². The molecule has 0 bridgehead atoms. The fraction of sp³-hybridized carbons (Fsp3) is 0.360. The highest BCUT2D eigenvalue weighted by Gasteiger charge is 2.22. The number of nitrogens with zero attached hydrogens (tertiary/aromatic N) is 1. The predicted molar refractivity (Wildman–Crippen MR) is 125 cm³/mol. The maximum Gasteiger partial charge on any atom is 0.318 e. The van der Waals surface area contributed by atoms with Crippen molar-refractivity contribution in [3.8, 4) is 0 Å². The molecule has 2 amide bonds. The predicted octanol–water partition coefficient (Wildman–Crippen LogP) is 5.53. The smallest absolute Gasteiger partial charge is 0.318 e. The number of carbonyl (C=O) groups is 1. The Morgan fingerprint density at radius 1 is 1.06 bits per heavy atom. The first-order chi connectivity index (χ1) is 15.0. The van der Waals surface area contributed by atoms with E-state index >= 15 is 0 Å². The highest BCUT2D eigenvalue weighted by molar-refractivity contribution is 6.31. The van der Waals surface area contributed by atoms with Crippen LogP contribution >= 0.6 is 11.6 Å². The number of hydrogen-bond donors (Lipinski definition) is 2. The zero-order valence-electron chi connectivity index (χ0n) is 17.8. The van der Waals surface area contributed by atoms with Gasteiger partial charge in [0, 0.05) is 28.7 Å². The van der Waals surface area contributed by atoms with Crippen molar-refractivity contribution in [2.45, 2.75) is 58.2 Å². The number of rotatable bonds is 5. The van der Waals surface area contributed by atoms with Gasteiger partial charge in [-0.05, 0) is 54.5 Å². The Hall–Kier alpha value is -2.79. The number of halogens is 1. The molecular formula is C25H28ClN3O2. The summed E-state index contributed by atoms with van der Waals surface area (Å²) in [5.74, 6) is 0. The lowest BCUT2D eigenvalue weighted by Crippen LogP contribution is -2.45. The summed E-state index contributed by atoms with van der Waals surface area (Å²) < 4.78 is 0. The van der Waals surface area contributed by atoms with Gasteiger partial charge in [0.15, 0.2) is 0 Å². The van der Waals surface area contributed by atoms with Crippen LogP contribution in [0.4, 0.5) is 4.79 Å². The maximum atomic E-state index is 13.2. The molecular weight excluding hydrogens is 410 g/mol. The van der Waals surface area contributed by atoms with Crippen molar-refractivity contribution in [1.29, 1.82) is 0 Å². The number of nitrogens with one attached hydrogen (secondary N) is 2. The van der Waals surface area contributed by atoms with E-state index in [4.69, 9.17) is 11.6 Å². The Morgan fingerprint density at radius 3 is 2.58 bits per heavy atom. The van der Waals surface area contributed by atoms with Gasteiger partial charge >= 0.3 is 6.03 Å². The van der Waals surface area contributed by atoms with Crippen LogP contribution in [0.3, 0.4) is 0 Å². The Morgan fingerprint density at radius 2 is 1.81 bits per heavy atom. The van der Waals surface area contributed by atoms with E-state index in [-0.39, 0.29) is 24.2 Å². The van der Waals surface area contributed by atoms with Gasteiger partial charge in [-0.25, -0.2) is 4.79 Å². The molecule has 3 aromatic rings. The number of pyridine rings is 1. The first-order valence-electron chi connectivity index (χ1n) is 10.9. The second kappa shape index (κ2) is 9.56. The van der Waals surface area contributed by atoms with Crippen molar-refractivity contribution in [3.63, 3.8) is 0 Å². The molecule has 2 N–H and O–H groups in total. The van der Waals surface area contributed by atoms with Crippen LogP contribution < -0.4 is 10.9 Å². The lowest BCUT2D eigenvalue weighted by molar-refractivity contribution is 0.184. The summed E-state index contributed by atoms with van der Waals surface area (Å²) in [5, 5.41) is 4.74. The molecule has 1 fully saturated rings. The molecule has 162 valence electrons. The summed E-state index contributed by atoms with van der Waals surface area (Å²) in [7, 11) is 0. The number of hydrogen-bond acceptors (Lipinski definition) is 2. The second-order valence-electron chi connectivity index (χ2n) is 8.45. The number of urea groups is 1. The molecule has 1 heterocycles. The van der Waals surface area contributed by atoms with Crippen LogP contribution in [0.2, 0.25) is 5.02 Å². The van der Waals surface area contributed by atoms with Gasteiger partial charge in [0.05, 0.1) is 6.54 Å². The molecule has 1 aliphatic rings. The van der Waals surface area contributed by atoms with Crippen LogP contribution in [0, 0.1) is 6.92 Å². The highest BCUT2D eigenvalue weighted by Crippen LogP contribution is 2.21. The number of carbonyl (C=O) groups excluding carboxylic acids is 1. The van der Waals surface area contributed by atoms with E-state index in [0.717, 1.165) is 47.7 Å². The monoisotopic (exact) mass is 437 g/mol. The van der Waals surface area contributed by atoms with Gasteiger partial charge in [-0.3, -0.25) is 4.79 Å². The molecule has 1 aliphatic carbocycles. The van der Waals surface area contributed by atoms with Gasteiger partial charge in [0.2, 0.25) is 0 Å². The van der Waals surface area contributed by atoms with E-state index in [9.17, 15) is 9.59 Å². The van der Waals surface area contributed by atoms with E-state index in [2.05, 4.69) is 10.3 Å². The summed E-state index contributed by atoms with van der Waals surface area (Å²) in [6, 6.07) is 15.4. The van der Waals surface area contributed by atoms with Crippen molar-refractivity contribution < 1.29 is 4.79 Å². The average molecular weight is 438 g/mol. The third kappa shape index (κ3) is 5.28. The summed E-state index contributed by atoms with van der Waals surface area (Å²) >= 11 is 6.37. The molecule has 1 saturated carbocycles. The topological polar surface area (TPSA) is 65.2 Å². The van der Waals surface area contributed by atoms with E-state index in [1.54, 1.807) is 4.90 Å². The number of amides is 2. The second-order valence-corrected chi connectivity index (χ2v) is 8.85. The van der Waals surface area contributed by atoms with Gasteiger partial charge in [0.25, 0.3) is 5.56 Å². The third-order valence-electron chi connectivity index (χ3n) is 5.98. The number of aryl methyl sites for hydroxylation is 1. The van der Waals surface area contributed by atoms with Crippen LogP contribution in [0.15, 0.2) is 53.3 Å². The molecule has 5 nitrogen and oxygen atoms in total. The molecule has 4 rings (SSSR count). The molecule has 1 aromatic heterocycles. The molecule has 0 aliphatic heterocycles. The minimum Gasteiger partial charge on any atom is -0.335 e. The van der Waals surface area contributed by atoms with Crippen LogP contribution in [0.5, 0.6) is 0 Å². The van der Waals surface area contributed by atoms with Crippen LogP contribution in [-0.2, 0) is 13.1 Å². The first-order valence-corrected chi connectivity index (χ1v) is 11.3. The molecule has 0 atom stereocenters. The highest BCUT2D eigenvalue weighted by atomic mass is 35.5. The standard InChI is InChI=1S/C25H28ClN3O2/c1-17-11-12-18-14-20(24(30)28-23(18)13-17)16-29(15-19-7-5-6-10-22(19)26)25(31)27-21-8-3-2-4-9-21/h5-7,10-14,21H,2-4,8-9,15-16H2,1H3,(H,27,31)(H,28,30). The molecule has 0 unspecified atom stereocenters. The Bertz CT molecular complexity index is 1140. The van der Waals surface area contributed by atoms with Crippen molar-refractivity contribution in [2.24, 2.45) is 0 Å². The fourth-order valence-electron chi connectivity index (χ4n) is 4.23. The molecule has 0 radical (unpaired) electrons. The van der Waals surface area contributed by atoms with Crippen LogP contribution in [0.1, 0.15) is 48.8 Å². The number of fused-ring (bicyclic) bond motifs is 1. The van der Waals surface area contributed by atoms with Gasteiger partial charge in [0.1, 0.15) is 0 Å². The van der Waals surface area contributed by atoms with Crippen molar-refractivity contribution in [3.05, 3.63) is 80.6 Å². The van der Waals surface area contributed by atoms with E-state index in [0.29, 0.717) is 17.1 Å². The summed E-state index contributed by atoms with van der Waals surface area (Å²) in [6.45, 7) is 2.54. The number of H-pyrrole nitrogens is 1.